The summed E-state index contributed by atoms with van der Waals surface area (Å²) in [7, 11) is 0. The maximum atomic E-state index is 5.26. The lowest BCUT2D eigenvalue weighted by Crippen LogP contribution is -2.35. The molecule has 6 aromatic rings. The van der Waals surface area contributed by atoms with Gasteiger partial charge in [-0.15, -0.1) is 11.8 Å². The normalized spacial score (nSPS) is 20.5. The van der Waals surface area contributed by atoms with Gasteiger partial charge in [-0.3, -0.25) is 4.57 Å². The van der Waals surface area contributed by atoms with Crippen molar-refractivity contribution in [1.82, 2.24) is 9.88 Å². The monoisotopic (exact) mass is 583 g/mol. The molecule has 3 nitrogen and oxygen atoms in total. The van der Waals surface area contributed by atoms with Crippen LogP contribution in [0.2, 0.25) is 0 Å². The van der Waals surface area contributed by atoms with E-state index in [1.807, 2.05) is 11.8 Å². The summed E-state index contributed by atoms with van der Waals surface area (Å²) in [6, 6.07) is 45.6. The van der Waals surface area contributed by atoms with E-state index in [0.29, 0.717) is 11.2 Å². The second kappa shape index (κ2) is 10.3. The van der Waals surface area contributed by atoms with E-state index < -0.39 is 0 Å². The number of fused-ring (bicyclic) bond motifs is 6. The van der Waals surface area contributed by atoms with Gasteiger partial charge in [0.2, 0.25) is 5.96 Å². The quantitative estimate of drug-likeness (QED) is 0.225. The van der Waals surface area contributed by atoms with Gasteiger partial charge in [-0.05, 0) is 52.6 Å². The highest BCUT2D eigenvalue weighted by Crippen LogP contribution is 2.52. The Morgan fingerprint density at radius 1 is 0.682 bits per heavy atom. The van der Waals surface area contributed by atoms with Gasteiger partial charge in [0.1, 0.15) is 0 Å². The number of nitrogens with zero attached hydrogens (tertiary/aromatic N) is 2. The number of rotatable bonds is 3. The molecule has 3 unspecified atom stereocenters. The van der Waals surface area contributed by atoms with Gasteiger partial charge in [-0.1, -0.05) is 121 Å². The minimum atomic E-state index is -0.00784. The third-order valence-corrected chi connectivity index (χ3v) is 10.5. The average molecular weight is 584 g/mol. The topological polar surface area (TPSA) is 29.3 Å². The molecule has 0 saturated heterocycles. The molecule has 1 aliphatic carbocycles. The Morgan fingerprint density at radius 2 is 1.43 bits per heavy atom. The predicted molar refractivity (Wildman–Crippen MR) is 185 cm³/mol. The molecule has 0 amide bonds. The second-order valence-electron chi connectivity index (χ2n) is 11.6. The van der Waals surface area contributed by atoms with Crippen LogP contribution in [0.3, 0.4) is 0 Å². The zero-order valence-corrected chi connectivity index (χ0v) is 24.8. The molecule has 3 atom stereocenters. The molecule has 3 heterocycles. The van der Waals surface area contributed by atoms with E-state index in [2.05, 4.69) is 162 Å². The first kappa shape index (κ1) is 25.4. The standard InChI is InChI=1S/C40H29N3S/c1-3-12-26(13-4-1)34-25-35(27-14-5-2-6-15-27)42-40(41-34)43-36-20-9-7-16-30(36)33-24-28(22-23-37(33)43)29-18-11-19-32-31-17-8-10-21-38(31)44-39(29)32/h1-25,32,34,39H,(H,41,42). The van der Waals surface area contributed by atoms with Crippen molar-refractivity contribution in [3.63, 3.8) is 0 Å². The van der Waals surface area contributed by atoms with Crippen LogP contribution in [-0.2, 0) is 0 Å². The Bertz CT molecular complexity index is 2190. The first-order valence-electron chi connectivity index (χ1n) is 15.2. The van der Waals surface area contributed by atoms with Gasteiger partial charge in [0.25, 0.3) is 0 Å². The molecule has 2 aliphatic heterocycles. The Labute approximate surface area is 261 Å². The van der Waals surface area contributed by atoms with E-state index in [1.165, 1.54) is 37.9 Å². The van der Waals surface area contributed by atoms with Crippen molar-refractivity contribution in [2.45, 2.75) is 22.1 Å². The fraction of sp³-hybridized carbons (Fsp3) is 0.0750. The zero-order chi connectivity index (χ0) is 29.0. The van der Waals surface area contributed by atoms with Crippen molar-refractivity contribution in [2.24, 2.45) is 4.99 Å². The van der Waals surface area contributed by atoms with Gasteiger partial charge in [-0.2, -0.15) is 0 Å². The fourth-order valence-corrected chi connectivity index (χ4v) is 8.46. The minimum Gasteiger partial charge on any atom is -0.345 e. The van der Waals surface area contributed by atoms with Gasteiger partial charge in [0.05, 0.1) is 22.8 Å². The van der Waals surface area contributed by atoms with E-state index >= 15 is 0 Å². The van der Waals surface area contributed by atoms with Gasteiger partial charge in [0.15, 0.2) is 0 Å². The summed E-state index contributed by atoms with van der Waals surface area (Å²) in [5.74, 6) is 1.24. The average Bonchev–Trinajstić information content (AvgIpc) is 3.64. The summed E-state index contributed by atoms with van der Waals surface area (Å²) in [4.78, 5) is 6.65. The summed E-state index contributed by atoms with van der Waals surface area (Å²) in [5, 5.41) is 6.64. The van der Waals surface area contributed by atoms with Crippen LogP contribution in [0.15, 0.2) is 162 Å². The minimum absolute atomic E-state index is 0.00784. The number of allylic oxidation sites excluding steroid dienone is 3. The molecular formula is C40H29N3S. The number of hydrogen-bond acceptors (Lipinski definition) is 3. The van der Waals surface area contributed by atoms with Crippen molar-refractivity contribution in [1.29, 1.82) is 0 Å². The van der Waals surface area contributed by atoms with Crippen molar-refractivity contribution >= 4 is 50.8 Å². The lowest BCUT2D eigenvalue weighted by molar-refractivity contribution is 0.760. The second-order valence-corrected chi connectivity index (χ2v) is 12.8. The van der Waals surface area contributed by atoms with E-state index in [-0.39, 0.29) is 6.04 Å². The van der Waals surface area contributed by atoms with Crippen molar-refractivity contribution in [2.75, 3.05) is 0 Å². The molecule has 4 heteroatoms. The number of hydrogen-bond donors (Lipinski definition) is 1. The van der Waals surface area contributed by atoms with Crippen LogP contribution < -0.4 is 5.32 Å². The number of thioether (sulfide) groups is 1. The highest BCUT2D eigenvalue weighted by atomic mass is 32.2. The molecule has 0 bridgehead atoms. The molecular weight excluding hydrogens is 555 g/mol. The number of para-hydroxylation sites is 1. The van der Waals surface area contributed by atoms with Crippen LogP contribution in [0, 0.1) is 0 Å². The Balaban J connectivity index is 1.19. The van der Waals surface area contributed by atoms with E-state index in [9.17, 15) is 0 Å². The van der Waals surface area contributed by atoms with Crippen LogP contribution in [0.1, 0.15) is 34.2 Å². The lowest BCUT2D eigenvalue weighted by atomic mass is 9.85. The van der Waals surface area contributed by atoms with Crippen LogP contribution in [0.25, 0.3) is 33.1 Å². The van der Waals surface area contributed by atoms with Crippen molar-refractivity contribution < 1.29 is 0 Å². The molecule has 44 heavy (non-hydrogen) atoms. The molecule has 0 saturated carbocycles. The highest BCUT2D eigenvalue weighted by molar-refractivity contribution is 8.00. The first-order chi connectivity index (χ1) is 21.8. The Morgan fingerprint density at radius 3 is 2.32 bits per heavy atom. The smallest absolute Gasteiger partial charge is 0.209 e. The molecule has 0 radical (unpaired) electrons. The molecule has 3 aliphatic rings. The lowest BCUT2D eigenvalue weighted by Gasteiger charge is -2.25. The largest absolute Gasteiger partial charge is 0.345 e. The molecule has 9 rings (SSSR count). The third kappa shape index (κ3) is 4.10. The highest BCUT2D eigenvalue weighted by Gasteiger charge is 2.35. The third-order valence-electron chi connectivity index (χ3n) is 9.04. The van der Waals surface area contributed by atoms with E-state index in [1.54, 1.807) is 0 Å². The van der Waals surface area contributed by atoms with Crippen LogP contribution in [0.5, 0.6) is 0 Å². The SMILES string of the molecule is C1=CC2c3ccccc3SC2C(c2ccc3c(c2)c2ccccc2n3C2=NC(c3ccccc3)=CC(c3ccccc3)N2)=C1. The maximum Gasteiger partial charge on any atom is 0.209 e. The molecule has 5 aromatic carbocycles. The summed E-state index contributed by atoms with van der Waals surface area (Å²) >= 11 is 2.00. The van der Waals surface area contributed by atoms with E-state index in [0.717, 1.165) is 28.3 Å². The van der Waals surface area contributed by atoms with E-state index in [4.69, 9.17) is 4.99 Å². The molecule has 1 aromatic heterocycles. The number of nitrogens with one attached hydrogen (secondary N) is 1. The molecule has 0 spiro atoms. The Hall–Kier alpha value is -5.06. The van der Waals surface area contributed by atoms with Crippen LogP contribution >= 0.6 is 11.8 Å². The van der Waals surface area contributed by atoms with Gasteiger partial charge in [0, 0.05) is 32.4 Å². The summed E-state index contributed by atoms with van der Waals surface area (Å²) in [6.45, 7) is 0. The van der Waals surface area contributed by atoms with Crippen LogP contribution in [0.4, 0.5) is 0 Å². The van der Waals surface area contributed by atoms with Gasteiger partial charge in [-0.25, -0.2) is 4.99 Å². The van der Waals surface area contributed by atoms with Crippen LogP contribution in [-0.4, -0.2) is 15.8 Å². The van der Waals surface area contributed by atoms with Crippen molar-refractivity contribution in [3.8, 4) is 0 Å². The fourth-order valence-electron chi connectivity index (χ4n) is 6.96. The Kier molecular flexibility index (Phi) is 5.95. The predicted octanol–water partition coefficient (Wildman–Crippen LogP) is 9.60. The zero-order valence-electron chi connectivity index (χ0n) is 24.0. The van der Waals surface area contributed by atoms with Crippen molar-refractivity contribution in [3.05, 3.63) is 174 Å². The molecule has 210 valence electrons. The summed E-state index contributed by atoms with van der Waals surface area (Å²) in [6.07, 6.45) is 9.16. The number of aliphatic imine (C=N–C) groups is 1. The van der Waals surface area contributed by atoms with Gasteiger partial charge >= 0.3 is 0 Å². The summed E-state index contributed by atoms with van der Waals surface area (Å²) in [5.41, 5.74) is 9.70. The maximum absolute atomic E-state index is 5.26. The summed E-state index contributed by atoms with van der Waals surface area (Å²) < 4.78 is 2.30. The van der Waals surface area contributed by atoms with Gasteiger partial charge < -0.3 is 5.32 Å². The molecule has 1 N–H and O–H groups in total. The first-order valence-corrected chi connectivity index (χ1v) is 16.1. The molecule has 0 fully saturated rings. The number of aromatic nitrogens is 1. The number of benzene rings is 5.